The zero-order chi connectivity index (χ0) is 41.8. The van der Waals surface area contributed by atoms with Gasteiger partial charge in [-0.3, -0.25) is 14.4 Å². The van der Waals surface area contributed by atoms with Crippen LogP contribution < -0.4 is 14.2 Å². The second-order valence-electron chi connectivity index (χ2n) is 13.9. The smallest absolute Gasteiger partial charge is 0.331 e. The molecule has 0 radical (unpaired) electrons. The van der Waals surface area contributed by atoms with E-state index in [9.17, 15) is 14.4 Å². The van der Waals surface area contributed by atoms with Crippen LogP contribution in [0.3, 0.4) is 0 Å². The molecule has 0 saturated heterocycles. The lowest BCUT2D eigenvalue weighted by atomic mass is 10.1. The molecule has 9 nitrogen and oxygen atoms in total. The van der Waals surface area contributed by atoms with Gasteiger partial charge in [-0.2, -0.15) is 0 Å². The van der Waals surface area contributed by atoms with Gasteiger partial charge in [-0.05, 0) is 92.1 Å². The standard InChI is InChI=1S/C51H39N3O6/c1-34-4-19-40(20-5-34)46(55)31-16-37-10-25-43(26-11-37)58-49-52-50(59-44-27-12-38(13-28-44)17-32-47(56)41-21-6-35(2)7-22-41)54-51(53-49)60-45-29-14-39(15-30-45)18-33-48(57)42-23-8-36(3)9-24-42/h4-33H,1-3H3/b31-16+,32-17+,33-18+. The minimum Gasteiger partial charge on any atom is -0.424 e. The normalized spacial score (nSPS) is 11.2. The molecular weight excluding hydrogens is 751 g/mol. The highest BCUT2D eigenvalue weighted by atomic mass is 16.5. The minimum atomic E-state index is -0.0980. The van der Waals surface area contributed by atoms with E-state index in [0.717, 1.165) is 33.4 Å². The molecule has 0 spiro atoms. The molecule has 7 rings (SSSR count). The maximum absolute atomic E-state index is 12.6. The molecule has 294 valence electrons. The first-order valence-electron chi connectivity index (χ1n) is 19.1. The molecule has 60 heavy (non-hydrogen) atoms. The minimum absolute atomic E-state index is 0.0869. The molecule has 6 aromatic carbocycles. The van der Waals surface area contributed by atoms with E-state index in [4.69, 9.17) is 14.2 Å². The molecule has 0 unspecified atom stereocenters. The van der Waals surface area contributed by atoms with Crippen LogP contribution in [-0.4, -0.2) is 32.3 Å². The largest absolute Gasteiger partial charge is 0.424 e. The Morgan fingerprint density at radius 2 is 0.583 bits per heavy atom. The highest BCUT2D eigenvalue weighted by Gasteiger charge is 2.14. The summed E-state index contributed by atoms with van der Waals surface area (Å²) < 4.78 is 18.1. The third kappa shape index (κ3) is 11.3. The summed E-state index contributed by atoms with van der Waals surface area (Å²) in [6.07, 6.45) is 9.79. The fourth-order valence-electron chi connectivity index (χ4n) is 5.67. The van der Waals surface area contributed by atoms with Gasteiger partial charge in [0.15, 0.2) is 17.3 Å². The van der Waals surface area contributed by atoms with Crippen molar-refractivity contribution >= 4 is 35.6 Å². The first-order valence-corrected chi connectivity index (χ1v) is 19.1. The molecule has 9 heteroatoms. The number of allylic oxidation sites excluding steroid dienone is 3. The summed E-state index contributed by atoms with van der Waals surface area (Å²) in [5, 5.41) is 0. The van der Waals surface area contributed by atoms with Crippen LogP contribution in [0.4, 0.5) is 0 Å². The van der Waals surface area contributed by atoms with E-state index in [0.29, 0.717) is 33.9 Å². The van der Waals surface area contributed by atoms with Gasteiger partial charge in [-0.15, -0.1) is 15.0 Å². The molecule has 7 aromatic rings. The van der Waals surface area contributed by atoms with Crippen LogP contribution in [0.15, 0.2) is 164 Å². The zero-order valence-electron chi connectivity index (χ0n) is 33.1. The van der Waals surface area contributed by atoms with Gasteiger partial charge >= 0.3 is 18.0 Å². The highest BCUT2D eigenvalue weighted by Crippen LogP contribution is 2.28. The Morgan fingerprint density at radius 3 is 0.817 bits per heavy atom. The Hall–Kier alpha value is -8.04. The summed E-state index contributed by atoms with van der Waals surface area (Å²) >= 11 is 0. The zero-order valence-corrected chi connectivity index (χ0v) is 33.1. The summed E-state index contributed by atoms with van der Waals surface area (Å²) in [6.45, 7) is 5.92. The number of nitrogens with zero attached hydrogens (tertiary/aromatic N) is 3. The molecule has 0 atom stereocenters. The monoisotopic (exact) mass is 789 g/mol. The number of aryl methyl sites for hydroxylation is 3. The quantitative estimate of drug-likeness (QED) is 0.0739. The Labute approximate surface area is 348 Å². The van der Waals surface area contributed by atoms with E-state index in [2.05, 4.69) is 15.0 Å². The maximum Gasteiger partial charge on any atom is 0.331 e. The Morgan fingerprint density at radius 1 is 0.350 bits per heavy atom. The van der Waals surface area contributed by atoms with Gasteiger partial charge in [-0.25, -0.2) is 0 Å². The van der Waals surface area contributed by atoms with Crippen LogP contribution in [0, 0.1) is 20.8 Å². The molecule has 0 aliphatic carbocycles. The third-order valence-electron chi connectivity index (χ3n) is 9.13. The number of ketones is 3. The highest BCUT2D eigenvalue weighted by molar-refractivity contribution is 6.08. The van der Waals surface area contributed by atoms with Crippen LogP contribution in [0.1, 0.15) is 64.5 Å². The number of carbonyl (C=O) groups is 3. The number of carbonyl (C=O) groups excluding carboxylic acids is 3. The Balaban J connectivity index is 1.06. The molecule has 0 aliphatic heterocycles. The second kappa shape index (κ2) is 18.9. The predicted octanol–water partition coefficient (Wildman–Crippen LogP) is 11.9. The van der Waals surface area contributed by atoms with Crippen molar-refractivity contribution in [2.45, 2.75) is 20.8 Å². The molecular formula is C51H39N3O6. The predicted molar refractivity (Wildman–Crippen MR) is 233 cm³/mol. The number of rotatable bonds is 15. The SMILES string of the molecule is Cc1ccc(C(=O)/C=C/c2ccc(Oc3nc(Oc4ccc(/C=C/C(=O)c5ccc(C)cc5)cc4)nc(Oc4ccc(/C=C/C(=O)c5ccc(C)cc5)cc4)n3)cc2)cc1. The number of hydrogen-bond donors (Lipinski definition) is 0. The molecule has 1 heterocycles. The lowest BCUT2D eigenvalue weighted by molar-refractivity contribution is 0.103. The van der Waals surface area contributed by atoms with Crippen molar-refractivity contribution < 1.29 is 28.6 Å². The van der Waals surface area contributed by atoms with E-state index in [1.54, 1.807) is 127 Å². The van der Waals surface area contributed by atoms with Crippen molar-refractivity contribution in [1.29, 1.82) is 0 Å². The van der Waals surface area contributed by atoms with Gasteiger partial charge in [0.25, 0.3) is 0 Å². The van der Waals surface area contributed by atoms with Crippen molar-refractivity contribution in [1.82, 2.24) is 15.0 Å². The number of aromatic nitrogens is 3. The van der Waals surface area contributed by atoms with Gasteiger partial charge < -0.3 is 14.2 Å². The van der Waals surface area contributed by atoms with Crippen LogP contribution in [-0.2, 0) is 0 Å². The fourth-order valence-corrected chi connectivity index (χ4v) is 5.67. The summed E-state index contributed by atoms with van der Waals surface area (Å²) in [4.78, 5) is 51.1. The van der Waals surface area contributed by atoms with Crippen LogP contribution >= 0.6 is 0 Å². The molecule has 0 aliphatic rings. The van der Waals surface area contributed by atoms with E-state index >= 15 is 0 Å². The Bertz CT molecular complexity index is 2390. The lowest BCUT2D eigenvalue weighted by Gasteiger charge is -2.10. The average Bonchev–Trinajstić information content (AvgIpc) is 3.26. The van der Waals surface area contributed by atoms with Crippen molar-refractivity contribution in [2.24, 2.45) is 0 Å². The summed E-state index contributed by atoms with van der Waals surface area (Å²) in [7, 11) is 0. The van der Waals surface area contributed by atoms with Gasteiger partial charge in [0.05, 0.1) is 0 Å². The summed E-state index contributed by atoms with van der Waals surface area (Å²) in [5.74, 6) is 0.978. The number of benzene rings is 6. The summed E-state index contributed by atoms with van der Waals surface area (Å²) in [5.41, 5.74) is 7.46. The number of hydrogen-bond acceptors (Lipinski definition) is 9. The van der Waals surface area contributed by atoms with E-state index < -0.39 is 0 Å². The second-order valence-corrected chi connectivity index (χ2v) is 13.9. The average molecular weight is 790 g/mol. The first kappa shape index (κ1) is 40.2. The summed E-state index contributed by atoms with van der Waals surface area (Å²) in [6, 6.07) is 43.2. The van der Waals surface area contributed by atoms with Gasteiger partial charge in [0.1, 0.15) is 17.2 Å². The molecule has 1 aromatic heterocycles. The van der Waals surface area contributed by atoms with E-state index in [1.165, 1.54) is 18.2 Å². The fraction of sp³-hybridized carbons (Fsp3) is 0.0588. The molecule has 0 fully saturated rings. The van der Waals surface area contributed by atoms with Crippen LogP contribution in [0.2, 0.25) is 0 Å². The lowest BCUT2D eigenvalue weighted by Crippen LogP contribution is -2.01. The van der Waals surface area contributed by atoms with Crippen molar-refractivity contribution in [3.8, 4) is 35.3 Å². The topological polar surface area (TPSA) is 118 Å². The van der Waals surface area contributed by atoms with Gasteiger partial charge in [-0.1, -0.05) is 144 Å². The van der Waals surface area contributed by atoms with Gasteiger partial charge in [0, 0.05) is 16.7 Å². The molecule has 0 bridgehead atoms. The molecule has 0 N–H and O–H groups in total. The van der Waals surface area contributed by atoms with Crippen molar-refractivity contribution in [2.75, 3.05) is 0 Å². The molecule has 0 saturated carbocycles. The van der Waals surface area contributed by atoms with Crippen molar-refractivity contribution in [3.05, 3.63) is 214 Å². The maximum atomic E-state index is 12.6. The van der Waals surface area contributed by atoms with Gasteiger partial charge in [0.2, 0.25) is 0 Å². The third-order valence-corrected chi connectivity index (χ3v) is 9.13. The van der Waals surface area contributed by atoms with Crippen LogP contribution in [0.25, 0.3) is 18.2 Å². The van der Waals surface area contributed by atoms with Crippen molar-refractivity contribution in [3.63, 3.8) is 0 Å². The van der Waals surface area contributed by atoms with E-state index in [1.807, 2.05) is 57.2 Å². The van der Waals surface area contributed by atoms with E-state index in [-0.39, 0.29) is 35.4 Å². The number of ether oxygens (including phenoxy) is 3. The molecule has 0 amide bonds. The first-order chi connectivity index (χ1) is 29.1. The Kier molecular flexibility index (Phi) is 12.7. The van der Waals surface area contributed by atoms with Crippen LogP contribution in [0.5, 0.6) is 35.3 Å².